The number of hydrogen-bond acceptors (Lipinski definition) is 3. The van der Waals surface area contributed by atoms with Crippen molar-refractivity contribution in [3.63, 3.8) is 0 Å². The van der Waals surface area contributed by atoms with Gasteiger partial charge >= 0.3 is 0 Å². The molecule has 0 unspecified atom stereocenters. The highest BCUT2D eigenvalue weighted by atomic mass is 16.5. The predicted octanol–water partition coefficient (Wildman–Crippen LogP) is 2.44. The summed E-state index contributed by atoms with van der Waals surface area (Å²) in [6.45, 7) is 2.23. The van der Waals surface area contributed by atoms with Crippen LogP contribution < -0.4 is 0 Å². The maximum Gasteiger partial charge on any atom is 0.152 e. The number of nitrogens with zero attached hydrogens (tertiary/aromatic N) is 1. The third-order valence-corrected chi connectivity index (χ3v) is 2.53. The Morgan fingerprint density at radius 1 is 1.39 bits per heavy atom. The number of ether oxygens (including phenoxy) is 1. The average molecular weight is 245 g/mol. The van der Waals surface area contributed by atoms with Crippen LogP contribution in [0.25, 0.3) is 0 Å². The van der Waals surface area contributed by atoms with E-state index in [0.717, 1.165) is 17.7 Å². The first-order valence-corrected chi connectivity index (χ1v) is 5.91. The van der Waals surface area contributed by atoms with E-state index in [-0.39, 0.29) is 5.78 Å². The van der Waals surface area contributed by atoms with Crippen LogP contribution in [0.15, 0.2) is 41.4 Å². The first-order chi connectivity index (χ1) is 8.67. The second kappa shape index (κ2) is 7.56. The quantitative estimate of drug-likeness (QED) is 0.570. The number of carbonyl (C=O) groups excluding carboxylic acids is 1. The summed E-state index contributed by atoms with van der Waals surface area (Å²) in [6.07, 6.45) is 4.15. The van der Waals surface area contributed by atoms with E-state index >= 15 is 0 Å². The molecule has 0 spiro atoms. The molecular weight excluding hydrogens is 226 g/mol. The van der Waals surface area contributed by atoms with Crippen LogP contribution >= 0.6 is 0 Å². The molecule has 0 saturated carbocycles. The number of benzene rings is 1. The maximum atomic E-state index is 10.9. The Morgan fingerprint density at radius 2 is 2.17 bits per heavy atom. The number of aliphatic imine (C=N–C) groups is 1. The second-order valence-corrected chi connectivity index (χ2v) is 4.00. The van der Waals surface area contributed by atoms with E-state index in [2.05, 4.69) is 17.1 Å². The average Bonchev–Trinajstić information content (AvgIpc) is 2.37. The standard InChI is InChI=1S/C15H19NO2/c1-12(17)7-8-15(16-2)14-6-4-5-13(11-14)9-10-18-3/h4-8,11H,9-10H2,1-3H3/b8-7-,16-15?. The molecule has 0 heterocycles. The lowest BCUT2D eigenvalue weighted by Gasteiger charge is -2.05. The third kappa shape index (κ3) is 4.63. The Kier molecular flexibility index (Phi) is 6.01. The molecule has 18 heavy (non-hydrogen) atoms. The number of hydrogen-bond donors (Lipinski definition) is 0. The Labute approximate surface area is 108 Å². The van der Waals surface area contributed by atoms with Crippen molar-refractivity contribution in [1.29, 1.82) is 0 Å². The van der Waals surface area contributed by atoms with Crippen LogP contribution in [0.5, 0.6) is 0 Å². The van der Waals surface area contributed by atoms with Crippen LogP contribution in [-0.2, 0) is 16.0 Å². The molecule has 0 amide bonds. The van der Waals surface area contributed by atoms with Crippen molar-refractivity contribution in [2.24, 2.45) is 4.99 Å². The molecule has 1 rings (SSSR count). The molecule has 0 fully saturated rings. The lowest BCUT2D eigenvalue weighted by atomic mass is 10.0. The van der Waals surface area contributed by atoms with Crippen molar-refractivity contribution in [3.8, 4) is 0 Å². The summed E-state index contributed by atoms with van der Waals surface area (Å²) in [5.74, 6) is 0.0201. The van der Waals surface area contributed by atoms with Gasteiger partial charge in [-0.25, -0.2) is 0 Å². The molecule has 1 aromatic rings. The molecule has 0 aliphatic carbocycles. The molecule has 0 aromatic heterocycles. The molecule has 0 aliphatic rings. The molecule has 3 heteroatoms. The minimum absolute atomic E-state index is 0.0201. The molecule has 0 saturated heterocycles. The van der Waals surface area contributed by atoms with Gasteiger partial charge in [-0.2, -0.15) is 0 Å². The number of allylic oxidation sites excluding steroid dienone is 2. The number of ketones is 1. The van der Waals surface area contributed by atoms with Crippen molar-refractivity contribution in [1.82, 2.24) is 0 Å². The number of methoxy groups -OCH3 is 1. The summed E-state index contributed by atoms with van der Waals surface area (Å²) in [5, 5.41) is 0. The fraction of sp³-hybridized carbons (Fsp3) is 0.333. The normalized spacial score (nSPS) is 12.1. The largest absolute Gasteiger partial charge is 0.384 e. The van der Waals surface area contributed by atoms with Gasteiger partial charge in [0.2, 0.25) is 0 Å². The lowest BCUT2D eigenvalue weighted by Crippen LogP contribution is -2.00. The monoisotopic (exact) mass is 245 g/mol. The Bertz CT molecular complexity index is 461. The minimum atomic E-state index is 0.0201. The summed E-state index contributed by atoms with van der Waals surface area (Å²) >= 11 is 0. The van der Waals surface area contributed by atoms with Gasteiger partial charge in [-0.05, 0) is 42.7 Å². The third-order valence-electron chi connectivity index (χ3n) is 2.53. The first-order valence-electron chi connectivity index (χ1n) is 5.91. The van der Waals surface area contributed by atoms with Crippen LogP contribution in [-0.4, -0.2) is 32.3 Å². The summed E-state index contributed by atoms with van der Waals surface area (Å²) in [4.78, 5) is 15.1. The fourth-order valence-corrected chi connectivity index (χ4v) is 1.60. The van der Waals surface area contributed by atoms with Crippen LogP contribution in [0.2, 0.25) is 0 Å². The van der Waals surface area contributed by atoms with Crippen LogP contribution in [0.1, 0.15) is 18.1 Å². The Morgan fingerprint density at radius 3 is 2.78 bits per heavy atom. The predicted molar refractivity (Wildman–Crippen MR) is 74.3 cm³/mol. The van der Waals surface area contributed by atoms with Gasteiger partial charge in [0, 0.05) is 14.2 Å². The van der Waals surface area contributed by atoms with Crippen LogP contribution in [0.3, 0.4) is 0 Å². The van der Waals surface area contributed by atoms with Gasteiger partial charge in [0.05, 0.1) is 12.3 Å². The molecule has 0 aliphatic heterocycles. The van der Waals surface area contributed by atoms with Crippen molar-refractivity contribution in [2.45, 2.75) is 13.3 Å². The van der Waals surface area contributed by atoms with Crippen molar-refractivity contribution >= 4 is 11.5 Å². The van der Waals surface area contributed by atoms with Crippen LogP contribution in [0.4, 0.5) is 0 Å². The zero-order valence-electron chi connectivity index (χ0n) is 11.1. The van der Waals surface area contributed by atoms with E-state index < -0.39 is 0 Å². The van der Waals surface area contributed by atoms with E-state index in [1.54, 1.807) is 20.2 Å². The van der Waals surface area contributed by atoms with Gasteiger partial charge in [0.25, 0.3) is 0 Å². The number of carbonyl (C=O) groups is 1. The van der Waals surface area contributed by atoms with E-state index in [9.17, 15) is 4.79 Å². The van der Waals surface area contributed by atoms with Gasteiger partial charge in [-0.3, -0.25) is 9.79 Å². The van der Waals surface area contributed by atoms with Crippen molar-refractivity contribution in [2.75, 3.05) is 20.8 Å². The lowest BCUT2D eigenvalue weighted by molar-refractivity contribution is -0.112. The van der Waals surface area contributed by atoms with Gasteiger partial charge in [0.15, 0.2) is 5.78 Å². The fourth-order valence-electron chi connectivity index (χ4n) is 1.60. The molecule has 0 bridgehead atoms. The molecule has 0 N–H and O–H groups in total. The molecule has 1 aromatic carbocycles. The van der Waals surface area contributed by atoms with E-state index in [4.69, 9.17) is 4.74 Å². The zero-order chi connectivity index (χ0) is 13.4. The summed E-state index contributed by atoms with van der Waals surface area (Å²) in [6, 6.07) is 8.12. The van der Waals surface area contributed by atoms with Crippen molar-refractivity contribution < 1.29 is 9.53 Å². The Hall–Kier alpha value is -1.74. The summed E-state index contributed by atoms with van der Waals surface area (Å²) in [5.41, 5.74) is 3.03. The van der Waals surface area contributed by atoms with Gasteiger partial charge in [-0.1, -0.05) is 18.2 Å². The molecule has 0 atom stereocenters. The summed E-state index contributed by atoms with van der Waals surface area (Å²) < 4.78 is 5.06. The molecule has 3 nitrogen and oxygen atoms in total. The molecule has 0 radical (unpaired) electrons. The van der Waals surface area contributed by atoms with Crippen LogP contribution in [0, 0.1) is 0 Å². The first kappa shape index (κ1) is 14.3. The summed E-state index contributed by atoms with van der Waals surface area (Å²) in [7, 11) is 3.42. The highest BCUT2D eigenvalue weighted by Crippen LogP contribution is 2.08. The van der Waals surface area contributed by atoms with Gasteiger partial charge < -0.3 is 4.74 Å². The number of rotatable bonds is 6. The maximum absolute atomic E-state index is 10.9. The second-order valence-electron chi connectivity index (χ2n) is 4.00. The van der Waals surface area contributed by atoms with E-state index in [0.29, 0.717) is 6.61 Å². The Balaban J connectivity index is 2.90. The highest BCUT2D eigenvalue weighted by molar-refractivity contribution is 6.11. The van der Waals surface area contributed by atoms with Gasteiger partial charge in [0.1, 0.15) is 0 Å². The van der Waals surface area contributed by atoms with E-state index in [1.165, 1.54) is 18.6 Å². The van der Waals surface area contributed by atoms with Gasteiger partial charge in [-0.15, -0.1) is 0 Å². The smallest absolute Gasteiger partial charge is 0.152 e. The topological polar surface area (TPSA) is 38.7 Å². The molecular formula is C15H19NO2. The van der Waals surface area contributed by atoms with Crippen molar-refractivity contribution in [3.05, 3.63) is 47.5 Å². The molecule has 96 valence electrons. The van der Waals surface area contributed by atoms with E-state index in [1.807, 2.05) is 12.1 Å². The minimum Gasteiger partial charge on any atom is -0.384 e. The SMILES string of the molecule is CN=C(/C=C\C(C)=O)c1cccc(CCOC)c1. The zero-order valence-corrected chi connectivity index (χ0v) is 11.1. The highest BCUT2D eigenvalue weighted by Gasteiger charge is 2.01.